The number of ether oxygens (including phenoxy) is 1. The number of hydrogen-bond donors (Lipinski definition) is 3. The van der Waals surface area contributed by atoms with E-state index in [1.165, 1.54) is 0 Å². The summed E-state index contributed by atoms with van der Waals surface area (Å²) in [6, 6.07) is 14.0. The molecule has 0 aromatic heterocycles. The molecule has 3 N–H and O–H groups in total. The SMILES string of the molecule is CCOc1cccc(C(C)NC(=O)c2cccc(NC(=O)NC(C)C)c2)c1. The molecule has 6 heteroatoms. The number of amides is 3. The van der Waals surface area contributed by atoms with Crippen molar-refractivity contribution in [3.8, 4) is 5.75 Å². The van der Waals surface area contributed by atoms with Crippen molar-refractivity contribution in [3.63, 3.8) is 0 Å². The van der Waals surface area contributed by atoms with E-state index in [1.54, 1.807) is 24.3 Å². The van der Waals surface area contributed by atoms with Crippen molar-refractivity contribution >= 4 is 17.6 Å². The third-order valence-corrected chi connectivity index (χ3v) is 3.82. The van der Waals surface area contributed by atoms with Crippen LogP contribution in [0.25, 0.3) is 0 Å². The molecule has 2 aromatic carbocycles. The second kappa shape index (κ2) is 9.62. The smallest absolute Gasteiger partial charge is 0.319 e. The molecule has 1 unspecified atom stereocenters. The number of carbonyl (C=O) groups is 2. The van der Waals surface area contributed by atoms with Crippen molar-refractivity contribution in [2.24, 2.45) is 0 Å². The van der Waals surface area contributed by atoms with E-state index < -0.39 is 0 Å². The predicted octanol–water partition coefficient (Wildman–Crippen LogP) is 4.11. The fourth-order valence-corrected chi connectivity index (χ4v) is 2.57. The van der Waals surface area contributed by atoms with Crippen molar-refractivity contribution in [2.45, 2.75) is 39.8 Å². The third kappa shape index (κ3) is 6.33. The predicted molar refractivity (Wildman–Crippen MR) is 107 cm³/mol. The maximum atomic E-state index is 12.6. The number of carbonyl (C=O) groups excluding carboxylic acids is 2. The quantitative estimate of drug-likeness (QED) is 0.687. The van der Waals surface area contributed by atoms with Gasteiger partial charge in [-0.1, -0.05) is 18.2 Å². The van der Waals surface area contributed by atoms with Crippen LogP contribution in [0, 0.1) is 0 Å². The van der Waals surface area contributed by atoms with Gasteiger partial charge in [0.15, 0.2) is 0 Å². The molecule has 27 heavy (non-hydrogen) atoms. The Balaban J connectivity index is 2.04. The standard InChI is InChI=1S/C21H27N3O3/c1-5-27-19-11-7-8-16(13-19)15(4)23-20(25)17-9-6-10-18(12-17)24-21(26)22-14(2)3/h6-15H,5H2,1-4H3,(H,23,25)(H2,22,24,26). The zero-order chi connectivity index (χ0) is 19.8. The molecule has 0 bridgehead atoms. The van der Waals surface area contributed by atoms with Crippen LogP contribution >= 0.6 is 0 Å². The molecule has 144 valence electrons. The minimum Gasteiger partial charge on any atom is -0.494 e. The highest BCUT2D eigenvalue weighted by molar-refractivity contribution is 5.97. The highest BCUT2D eigenvalue weighted by Crippen LogP contribution is 2.20. The molecule has 0 aliphatic heterocycles. The van der Waals surface area contributed by atoms with E-state index >= 15 is 0 Å². The summed E-state index contributed by atoms with van der Waals surface area (Å²) in [5, 5.41) is 8.45. The molecule has 0 heterocycles. The zero-order valence-electron chi connectivity index (χ0n) is 16.2. The van der Waals surface area contributed by atoms with Gasteiger partial charge in [-0.05, 0) is 63.6 Å². The Kier molecular flexibility index (Phi) is 7.23. The van der Waals surface area contributed by atoms with Crippen molar-refractivity contribution in [1.82, 2.24) is 10.6 Å². The molecule has 0 radical (unpaired) electrons. The van der Waals surface area contributed by atoms with Gasteiger partial charge in [0.2, 0.25) is 0 Å². The average molecular weight is 369 g/mol. The fraction of sp³-hybridized carbons (Fsp3) is 0.333. The lowest BCUT2D eigenvalue weighted by Gasteiger charge is -2.16. The van der Waals surface area contributed by atoms with Gasteiger partial charge in [-0.3, -0.25) is 4.79 Å². The summed E-state index contributed by atoms with van der Waals surface area (Å²) < 4.78 is 5.51. The van der Waals surface area contributed by atoms with Gasteiger partial charge in [-0.2, -0.15) is 0 Å². The highest BCUT2D eigenvalue weighted by atomic mass is 16.5. The molecule has 3 amide bonds. The summed E-state index contributed by atoms with van der Waals surface area (Å²) in [5.41, 5.74) is 2.00. The molecule has 0 aliphatic carbocycles. The molecule has 2 aromatic rings. The first-order valence-electron chi connectivity index (χ1n) is 9.10. The van der Waals surface area contributed by atoms with E-state index in [0.717, 1.165) is 11.3 Å². The van der Waals surface area contributed by atoms with Gasteiger partial charge in [-0.25, -0.2) is 4.79 Å². The summed E-state index contributed by atoms with van der Waals surface area (Å²) in [7, 11) is 0. The lowest BCUT2D eigenvalue weighted by atomic mass is 10.1. The van der Waals surface area contributed by atoms with E-state index in [4.69, 9.17) is 4.74 Å². The minimum absolute atomic E-state index is 0.0322. The van der Waals surface area contributed by atoms with Gasteiger partial charge in [0.25, 0.3) is 5.91 Å². The first kappa shape index (κ1) is 20.3. The lowest BCUT2D eigenvalue weighted by molar-refractivity contribution is 0.0939. The molecule has 0 saturated heterocycles. The van der Waals surface area contributed by atoms with E-state index in [9.17, 15) is 9.59 Å². The largest absolute Gasteiger partial charge is 0.494 e. The number of urea groups is 1. The van der Waals surface area contributed by atoms with Crippen LogP contribution < -0.4 is 20.7 Å². The van der Waals surface area contributed by atoms with Crippen molar-refractivity contribution < 1.29 is 14.3 Å². The maximum absolute atomic E-state index is 12.6. The molecule has 2 rings (SSSR count). The number of rotatable bonds is 7. The normalized spacial score (nSPS) is 11.6. The topological polar surface area (TPSA) is 79.5 Å². The number of nitrogens with one attached hydrogen (secondary N) is 3. The second-order valence-corrected chi connectivity index (χ2v) is 6.53. The van der Waals surface area contributed by atoms with Crippen LogP contribution in [0.5, 0.6) is 5.75 Å². The van der Waals surface area contributed by atoms with Crippen molar-refractivity contribution in [3.05, 3.63) is 59.7 Å². The fourth-order valence-electron chi connectivity index (χ4n) is 2.57. The van der Waals surface area contributed by atoms with E-state index in [2.05, 4.69) is 16.0 Å². The van der Waals surface area contributed by atoms with Crippen LogP contribution in [0.15, 0.2) is 48.5 Å². The molecule has 0 fully saturated rings. The Hall–Kier alpha value is -3.02. The number of benzene rings is 2. The molecule has 0 spiro atoms. The van der Waals surface area contributed by atoms with Crippen LogP contribution in [-0.2, 0) is 0 Å². The van der Waals surface area contributed by atoms with Gasteiger partial charge in [0, 0.05) is 17.3 Å². The summed E-state index contributed by atoms with van der Waals surface area (Å²) in [4.78, 5) is 24.4. The van der Waals surface area contributed by atoms with Crippen LogP contribution in [0.4, 0.5) is 10.5 Å². The van der Waals surface area contributed by atoms with E-state index in [1.807, 2.05) is 52.0 Å². The number of anilines is 1. The second-order valence-electron chi connectivity index (χ2n) is 6.53. The third-order valence-electron chi connectivity index (χ3n) is 3.82. The Labute approximate surface area is 160 Å². The Morgan fingerprint density at radius 1 is 1.00 bits per heavy atom. The Morgan fingerprint density at radius 3 is 2.44 bits per heavy atom. The molecule has 1 atom stereocenters. The Bertz CT molecular complexity index is 790. The van der Waals surface area contributed by atoms with E-state index in [-0.39, 0.29) is 24.0 Å². The summed E-state index contributed by atoms with van der Waals surface area (Å²) in [5.74, 6) is 0.565. The van der Waals surface area contributed by atoms with Gasteiger partial charge in [-0.15, -0.1) is 0 Å². The van der Waals surface area contributed by atoms with Gasteiger partial charge in [0.05, 0.1) is 12.6 Å². The van der Waals surface area contributed by atoms with Gasteiger partial charge >= 0.3 is 6.03 Å². The van der Waals surface area contributed by atoms with Gasteiger partial charge in [0.1, 0.15) is 5.75 Å². The van der Waals surface area contributed by atoms with Crippen LogP contribution in [0.1, 0.15) is 49.7 Å². The first-order chi connectivity index (χ1) is 12.9. The Morgan fingerprint density at radius 2 is 1.74 bits per heavy atom. The molecular weight excluding hydrogens is 342 g/mol. The number of hydrogen-bond acceptors (Lipinski definition) is 3. The van der Waals surface area contributed by atoms with Gasteiger partial charge < -0.3 is 20.7 Å². The molecular formula is C21H27N3O3. The summed E-state index contributed by atoms with van der Waals surface area (Å²) in [6.45, 7) is 8.20. The van der Waals surface area contributed by atoms with Crippen molar-refractivity contribution in [1.29, 1.82) is 0 Å². The first-order valence-corrected chi connectivity index (χ1v) is 9.10. The van der Waals surface area contributed by atoms with Crippen LogP contribution in [0.2, 0.25) is 0 Å². The van der Waals surface area contributed by atoms with Crippen LogP contribution in [-0.4, -0.2) is 24.6 Å². The van der Waals surface area contributed by atoms with E-state index in [0.29, 0.717) is 17.9 Å². The lowest BCUT2D eigenvalue weighted by Crippen LogP contribution is -2.34. The average Bonchev–Trinajstić information content (AvgIpc) is 2.61. The summed E-state index contributed by atoms with van der Waals surface area (Å²) in [6.07, 6.45) is 0. The van der Waals surface area contributed by atoms with Crippen LogP contribution in [0.3, 0.4) is 0 Å². The molecule has 6 nitrogen and oxygen atoms in total. The highest BCUT2D eigenvalue weighted by Gasteiger charge is 2.13. The maximum Gasteiger partial charge on any atom is 0.319 e. The molecule has 0 aliphatic rings. The molecule has 0 saturated carbocycles. The monoisotopic (exact) mass is 369 g/mol. The van der Waals surface area contributed by atoms with Crippen molar-refractivity contribution in [2.75, 3.05) is 11.9 Å². The summed E-state index contributed by atoms with van der Waals surface area (Å²) >= 11 is 0. The minimum atomic E-state index is -0.302. The zero-order valence-corrected chi connectivity index (χ0v) is 16.2.